The highest BCUT2D eigenvalue weighted by molar-refractivity contribution is 9.10. The fourth-order valence-corrected chi connectivity index (χ4v) is 1.48. The molecule has 1 amide bonds. The quantitative estimate of drug-likeness (QED) is 0.861. The molecule has 1 heterocycles. The molecule has 15 heavy (non-hydrogen) atoms. The van der Waals surface area contributed by atoms with Gasteiger partial charge in [0.15, 0.2) is 0 Å². The van der Waals surface area contributed by atoms with E-state index in [1.807, 2.05) is 4.98 Å². The number of aromatic amines is 1. The first kappa shape index (κ1) is 11.8. The van der Waals surface area contributed by atoms with Gasteiger partial charge in [-0.1, -0.05) is 0 Å². The maximum Gasteiger partial charge on any atom is 0.279 e. The van der Waals surface area contributed by atoms with Crippen LogP contribution in [0, 0.1) is 0 Å². The van der Waals surface area contributed by atoms with Crippen molar-refractivity contribution in [3.8, 4) is 0 Å². The third-order valence-corrected chi connectivity index (χ3v) is 2.37. The lowest BCUT2D eigenvalue weighted by molar-refractivity contribution is 0.0960. The first-order valence-corrected chi connectivity index (χ1v) is 4.69. The Kier molecular flexibility index (Phi) is 3.57. The van der Waals surface area contributed by atoms with Crippen molar-refractivity contribution in [2.24, 2.45) is 0 Å². The Morgan fingerprint density at radius 1 is 1.60 bits per heavy atom. The van der Waals surface area contributed by atoms with Gasteiger partial charge in [0, 0.05) is 11.5 Å². The van der Waals surface area contributed by atoms with Gasteiger partial charge in [-0.2, -0.15) is 0 Å². The number of alkyl halides is 2. The predicted molar refractivity (Wildman–Crippen MR) is 53.1 cm³/mol. The number of aromatic nitrogens is 1. The van der Waals surface area contributed by atoms with E-state index in [0.717, 1.165) is 6.07 Å². The van der Waals surface area contributed by atoms with Crippen LogP contribution in [0.5, 0.6) is 0 Å². The summed E-state index contributed by atoms with van der Waals surface area (Å²) in [6, 6.07) is 1.07. The third kappa shape index (κ3) is 2.41. The average Bonchev–Trinajstić information content (AvgIpc) is 2.19. The van der Waals surface area contributed by atoms with Crippen LogP contribution in [0.1, 0.15) is 22.5 Å². The van der Waals surface area contributed by atoms with Crippen molar-refractivity contribution in [1.82, 2.24) is 10.3 Å². The number of carbonyl (C=O) groups excluding carboxylic acids is 1. The third-order valence-electron chi connectivity index (χ3n) is 1.71. The van der Waals surface area contributed by atoms with Crippen LogP contribution < -0.4 is 10.9 Å². The number of nitrogens with one attached hydrogen (secondary N) is 2. The SMILES string of the molecule is CNC(=O)c1cc(Br)c(C(F)F)[nH]c1=O. The zero-order valence-electron chi connectivity index (χ0n) is 7.61. The molecule has 2 N–H and O–H groups in total. The Morgan fingerprint density at radius 3 is 2.67 bits per heavy atom. The van der Waals surface area contributed by atoms with E-state index < -0.39 is 23.6 Å². The molecule has 0 aliphatic carbocycles. The van der Waals surface area contributed by atoms with Gasteiger partial charge in [-0.15, -0.1) is 0 Å². The minimum atomic E-state index is -2.80. The van der Waals surface area contributed by atoms with Gasteiger partial charge in [0.25, 0.3) is 17.9 Å². The minimum Gasteiger partial charge on any atom is -0.355 e. The van der Waals surface area contributed by atoms with E-state index in [1.54, 1.807) is 0 Å². The lowest BCUT2D eigenvalue weighted by Crippen LogP contribution is -2.27. The first-order valence-electron chi connectivity index (χ1n) is 3.90. The predicted octanol–water partition coefficient (Wildman–Crippen LogP) is 1.43. The number of amides is 1. The molecule has 0 fully saturated rings. The number of halogens is 3. The zero-order valence-corrected chi connectivity index (χ0v) is 9.19. The number of pyridine rings is 1. The Balaban J connectivity index is 3.32. The monoisotopic (exact) mass is 280 g/mol. The Labute approximate surface area is 91.8 Å². The van der Waals surface area contributed by atoms with E-state index in [0.29, 0.717) is 0 Å². The Morgan fingerprint density at radius 2 is 2.20 bits per heavy atom. The van der Waals surface area contributed by atoms with Crippen molar-refractivity contribution in [2.75, 3.05) is 7.05 Å². The molecule has 0 aliphatic heterocycles. The maximum absolute atomic E-state index is 12.3. The molecule has 0 saturated carbocycles. The van der Waals surface area contributed by atoms with Crippen LogP contribution in [0.25, 0.3) is 0 Å². The van der Waals surface area contributed by atoms with Crippen molar-refractivity contribution < 1.29 is 13.6 Å². The number of hydrogen-bond donors (Lipinski definition) is 2. The highest BCUT2D eigenvalue weighted by Gasteiger charge is 2.17. The fourth-order valence-electron chi connectivity index (χ4n) is 0.981. The van der Waals surface area contributed by atoms with Crippen LogP contribution in [0.3, 0.4) is 0 Å². The van der Waals surface area contributed by atoms with E-state index >= 15 is 0 Å². The van der Waals surface area contributed by atoms with E-state index in [4.69, 9.17) is 0 Å². The van der Waals surface area contributed by atoms with Gasteiger partial charge in [0.2, 0.25) is 0 Å². The fraction of sp³-hybridized carbons (Fsp3) is 0.250. The molecule has 0 aliphatic rings. The van der Waals surface area contributed by atoms with Crippen LogP contribution in [0.2, 0.25) is 0 Å². The molecule has 1 aromatic heterocycles. The van der Waals surface area contributed by atoms with E-state index in [-0.39, 0.29) is 10.0 Å². The number of H-pyrrole nitrogens is 1. The van der Waals surface area contributed by atoms with Gasteiger partial charge in [-0.3, -0.25) is 9.59 Å². The molecule has 0 atom stereocenters. The van der Waals surface area contributed by atoms with Crippen LogP contribution >= 0.6 is 15.9 Å². The van der Waals surface area contributed by atoms with Crippen LogP contribution in [-0.4, -0.2) is 17.9 Å². The molecule has 0 bridgehead atoms. The molecule has 0 unspecified atom stereocenters. The number of rotatable bonds is 2. The van der Waals surface area contributed by atoms with Gasteiger partial charge in [-0.25, -0.2) is 8.78 Å². The van der Waals surface area contributed by atoms with Crippen molar-refractivity contribution in [1.29, 1.82) is 0 Å². The minimum absolute atomic E-state index is 0.00398. The zero-order chi connectivity index (χ0) is 11.6. The second-order valence-electron chi connectivity index (χ2n) is 2.65. The summed E-state index contributed by atoms with van der Waals surface area (Å²) < 4.78 is 24.6. The maximum atomic E-state index is 12.3. The summed E-state index contributed by atoms with van der Waals surface area (Å²) in [6.45, 7) is 0. The Bertz CT molecular complexity index is 445. The molecule has 4 nitrogen and oxygen atoms in total. The van der Waals surface area contributed by atoms with E-state index in [1.165, 1.54) is 7.05 Å². The molecule has 0 aromatic carbocycles. The smallest absolute Gasteiger partial charge is 0.279 e. The summed E-state index contributed by atoms with van der Waals surface area (Å²) in [5.41, 5.74) is -1.59. The summed E-state index contributed by atoms with van der Waals surface area (Å²) in [7, 11) is 1.34. The summed E-state index contributed by atoms with van der Waals surface area (Å²) >= 11 is 2.85. The molecule has 7 heteroatoms. The van der Waals surface area contributed by atoms with E-state index in [2.05, 4.69) is 21.2 Å². The highest BCUT2D eigenvalue weighted by atomic mass is 79.9. The number of hydrogen-bond acceptors (Lipinski definition) is 2. The van der Waals surface area contributed by atoms with Crippen molar-refractivity contribution in [3.05, 3.63) is 32.2 Å². The van der Waals surface area contributed by atoms with Crippen LogP contribution in [0.15, 0.2) is 15.3 Å². The first-order chi connectivity index (χ1) is 6.97. The topological polar surface area (TPSA) is 62.0 Å². The van der Waals surface area contributed by atoms with Gasteiger partial charge in [0.05, 0.1) is 5.69 Å². The standard InChI is InChI=1S/C8H7BrF2N2O2/c1-12-7(14)3-2-4(9)5(6(10)11)13-8(3)15/h2,6H,1H3,(H,12,14)(H,13,15). The molecule has 0 radical (unpaired) electrons. The Hall–Kier alpha value is -1.24. The molecule has 82 valence electrons. The molecule has 0 saturated heterocycles. The second kappa shape index (κ2) is 4.52. The normalized spacial score (nSPS) is 10.5. The van der Waals surface area contributed by atoms with E-state index in [9.17, 15) is 18.4 Å². The average molecular weight is 281 g/mol. The summed E-state index contributed by atoms with van der Waals surface area (Å²) in [4.78, 5) is 24.3. The molecule has 0 spiro atoms. The lowest BCUT2D eigenvalue weighted by Gasteiger charge is -2.05. The second-order valence-corrected chi connectivity index (χ2v) is 3.51. The van der Waals surface area contributed by atoms with Crippen molar-refractivity contribution in [2.45, 2.75) is 6.43 Å². The van der Waals surface area contributed by atoms with Crippen LogP contribution in [-0.2, 0) is 0 Å². The van der Waals surface area contributed by atoms with Crippen molar-refractivity contribution >= 4 is 21.8 Å². The summed E-state index contributed by atoms with van der Waals surface area (Å²) in [5, 5.41) is 2.23. The molecular formula is C8H7BrF2N2O2. The molecule has 1 aromatic rings. The molecular weight excluding hydrogens is 274 g/mol. The summed E-state index contributed by atoms with van der Waals surface area (Å²) in [6.07, 6.45) is -2.80. The van der Waals surface area contributed by atoms with Gasteiger partial charge >= 0.3 is 0 Å². The van der Waals surface area contributed by atoms with Gasteiger partial charge in [0.1, 0.15) is 5.56 Å². The highest BCUT2D eigenvalue weighted by Crippen LogP contribution is 2.24. The lowest BCUT2D eigenvalue weighted by atomic mass is 10.2. The largest absolute Gasteiger partial charge is 0.355 e. The van der Waals surface area contributed by atoms with Crippen LogP contribution in [0.4, 0.5) is 8.78 Å². The summed E-state index contributed by atoms with van der Waals surface area (Å²) in [5.74, 6) is -0.627. The van der Waals surface area contributed by atoms with Gasteiger partial charge in [-0.05, 0) is 22.0 Å². The van der Waals surface area contributed by atoms with Gasteiger partial charge < -0.3 is 10.3 Å². The molecule has 1 rings (SSSR count). The number of carbonyl (C=O) groups is 1. The van der Waals surface area contributed by atoms with Crippen molar-refractivity contribution in [3.63, 3.8) is 0 Å².